The average Bonchev–Trinajstić information content (AvgIpc) is 2.76. The van der Waals surface area contributed by atoms with Crippen LogP contribution in [-0.2, 0) is 21.4 Å². The summed E-state index contributed by atoms with van der Waals surface area (Å²) in [5.41, 5.74) is 2.20. The van der Waals surface area contributed by atoms with E-state index in [4.69, 9.17) is 14.2 Å². The first-order valence-corrected chi connectivity index (χ1v) is 11.5. The van der Waals surface area contributed by atoms with Crippen LogP contribution in [0, 0.1) is 0 Å². The van der Waals surface area contributed by atoms with Crippen LogP contribution in [0.5, 0.6) is 5.75 Å². The Bertz CT molecular complexity index is 1140. The van der Waals surface area contributed by atoms with Gasteiger partial charge in [0.15, 0.2) is 11.7 Å². The monoisotopic (exact) mass is 453 g/mol. The first kappa shape index (κ1) is 23.2. The Balaban J connectivity index is 1.76. The van der Waals surface area contributed by atoms with E-state index in [1.165, 1.54) is 6.07 Å². The molecule has 1 aliphatic heterocycles. The van der Waals surface area contributed by atoms with E-state index in [-0.39, 0.29) is 28.7 Å². The van der Waals surface area contributed by atoms with Gasteiger partial charge in [-0.05, 0) is 64.2 Å². The van der Waals surface area contributed by atoms with Gasteiger partial charge in [-0.25, -0.2) is 4.79 Å². The highest BCUT2D eigenvalue weighted by Gasteiger charge is 2.43. The smallest absolute Gasteiger partial charge is 0.343 e. The molecule has 2 aliphatic rings. The molecule has 1 aromatic heterocycles. The lowest BCUT2D eigenvalue weighted by Gasteiger charge is -2.48. The van der Waals surface area contributed by atoms with Gasteiger partial charge in [0.2, 0.25) is 0 Å². The van der Waals surface area contributed by atoms with E-state index < -0.39 is 5.97 Å². The molecule has 2 heterocycles. The summed E-state index contributed by atoms with van der Waals surface area (Å²) in [5.74, 6) is -0.0570. The molecule has 0 atom stereocenters. The minimum atomic E-state index is -0.602. The normalized spacial score (nSPS) is 15.9. The molecule has 0 bridgehead atoms. The molecule has 1 aromatic carbocycles. The average molecular weight is 454 g/mol. The number of hydrogen-bond donors (Lipinski definition) is 0. The predicted molar refractivity (Wildman–Crippen MR) is 124 cm³/mol. The number of methoxy groups -OCH3 is 1. The zero-order valence-corrected chi connectivity index (χ0v) is 19.7. The zero-order valence-electron chi connectivity index (χ0n) is 19.7. The van der Waals surface area contributed by atoms with Gasteiger partial charge in [-0.15, -0.1) is 0 Å². The highest BCUT2D eigenvalue weighted by Crippen LogP contribution is 2.49. The Kier molecular flexibility index (Phi) is 6.18. The van der Waals surface area contributed by atoms with Crippen LogP contribution in [0.3, 0.4) is 0 Å². The largest absolute Gasteiger partial charge is 0.493 e. The number of esters is 1. The first-order chi connectivity index (χ1) is 15.7. The molecule has 33 heavy (non-hydrogen) atoms. The third-order valence-corrected chi connectivity index (χ3v) is 7.01. The maximum atomic E-state index is 12.8. The van der Waals surface area contributed by atoms with E-state index in [2.05, 4.69) is 4.57 Å². The van der Waals surface area contributed by atoms with Gasteiger partial charge in [0.1, 0.15) is 11.3 Å². The number of carbonyl (C=O) groups excluding carboxylic acids is 2. The molecule has 1 spiro atoms. The van der Waals surface area contributed by atoms with Crippen LogP contribution in [-0.4, -0.2) is 42.7 Å². The van der Waals surface area contributed by atoms with Crippen molar-refractivity contribution in [1.29, 1.82) is 0 Å². The molecule has 1 saturated carbocycles. The summed E-state index contributed by atoms with van der Waals surface area (Å²) in [7, 11) is 1.67. The molecule has 7 heteroatoms. The molecule has 2 aromatic rings. The van der Waals surface area contributed by atoms with E-state index in [0.717, 1.165) is 48.8 Å². The van der Waals surface area contributed by atoms with Crippen molar-refractivity contribution in [1.82, 2.24) is 4.57 Å². The minimum Gasteiger partial charge on any atom is -0.493 e. The molecule has 1 fully saturated rings. The topological polar surface area (TPSA) is 83.8 Å². The molecule has 7 nitrogen and oxygen atoms in total. The van der Waals surface area contributed by atoms with Gasteiger partial charge in [-0.2, -0.15) is 0 Å². The summed E-state index contributed by atoms with van der Waals surface area (Å²) < 4.78 is 18.6. The van der Waals surface area contributed by atoms with Crippen LogP contribution in [0.1, 0.15) is 72.7 Å². The van der Waals surface area contributed by atoms with Crippen molar-refractivity contribution in [3.63, 3.8) is 0 Å². The molecular formula is C26H31NO6. The summed E-state index contributed by atoms with van der Waals surface area (Å²) >= 11 is 0. The summed E-state index contributed by atoms with van der Waals surface area (Å²) in [6.07, 6.45) is 6.85. The highest BCUT2D eigenvalue weighted by atomic mass is 16.5. The minimum absolute atomic E-state index is 0.0478. The summed E-state index contributed by atoms with van der Waals surface area (Å²) in [6.45, 7) is 6.33. The van der Waals surface area contributed by atoms with E-state index in [1.807, 2.05) is 19.9 Å². The van der Waals surface area contributed by atoms with E-state index in [9.17, 15) is 14.4 Å². The van der Waals surface area contributed by atoms with Gasteiger partial charge in [0.05, 0.1) is 30.1 Å². The number of fused-ring (bicyclic) bond motifs is 4. The van der Waals surface area contributed by atoms with Crippen molar-refractivity contribution in [2.24, 2.45) is 0 Å². The molecule has 4 rings (SSSR count). The number of ether oxygens (including phenoxy) is 3. The van der Waals surface area contributed by atoms with Crippen molar-refractivity contribution in [2.75, 3.05) is 20.3 Å². The van der Waals surface area contributed by atoms with Crippen molar-refractivity contribution in [3.05, 3.63) is 51.3 Å². The molecule has 0 radical (unpaired) electrons. The zero-order chi connectivity index (χ0) is 23.8. The second-order valence-electron chi connectivity index (χ2n) is 9.51. The number of pyridine rings is 1. The number of rotatable bonds is 8. The first-order valence-electron chi connectivity index (χ1n) is 11.5. The number of aldehydes is 1. The highest BCUT2D eigenvalue weighted by molar-refractivity contribution is 5.90. The maximum absolute atomic E-state index is 12.8. The van der Waals surface area contributed by atoms with Gasteiger partial charge >= 0.3 is 5.97 Å². The van der Waals surface area contributed by atoms with Crippen molar-refractivity contribution in [2.45, 2.75) is 64.0 Å². The lowest BCUT2D eigenvalue weighted by atomic mass is 9.69. The Morgan fingerprint density at radius 3 is 2.61 bits per heavy atom. The standard InChI is InChI=1S/C26H31NO6/c1-5-32-24(30)20-15-27-21(13-22(20)29)19-11-18(16-28)23(33-10-9-25(2,3)31-4)12-17(19)14-26(27)7-6-8-26/h11-13,15-16H,5-10,14H2,1-4H3. The van der Waals surface area contributed by atoms with Gasteiger partial charge in [0, 0.05) is 36.9 Å². The molecule has 0 N–H and O–H groups in total. The van der Waals surface area contributed by atoms with Crippen LogP contribution < -0.4 is 10.2 Å². The Morgan fingerprint density at radius 2 is 2.00 bits per heavy atom. The number of carbonyl (C=O) groups is 2. The molecular weight excluding hydrogens is 422 g/mol. The maximum Gasteiger partial charge on any atom is 0.343 e. The van der Waals surface area contributed by atoms with Crippen LogP contribution in [0.4, 0.5) is 0 Å². The molecule has 0 unspecified atom stereocenters. The quantitative estimate of drug-likeness (QED) is 0.441. The third kappa shape index (κ3) is 4.22. The third-order valence-electron chi connectivity index (χ3n) is 7.01. The molecule has 176 valence electrons. The fourth-order valence-corrected chi connectivity index (χ4v) is 4.69. The number of benzene rings is 1. The molecule has 0 saturated heterocycles. The fraction of sp³-hybridized carbons (Fsp3) is 0.500. The Labute approximate surface area is 193 Å². The van der Waals surface area contributed by atoms with E-state index >= 15 is 0 Å². The van der Waals surface area contributed by atoms with Gasteiger partial charge in [-0.1, -0.05) is 0 Å². The SMILES string of the molecule is CCOC(=O)c1cn2c(cc1=O)-c1cc(C=O)c(OCCC(C)(C)OC)cc1CC21CCC1. The lowest BCUT2D eigenvalue weighted by molar-refractivity contribution is 0.00541. The Hall–Kier alpha value is -2.93. The van der Waals surface area contributed by atoms with Crippen molar-refractivity contribution in [3.8, 4) is 17.0 Å². The summed E-state index contributed by atoms with van der Waals surface area (Å²) in [5, 5.41) is 0. The van der Waals surface area contributed by atoms with Crippen LogP contribution >= 0.6 is 0 Å². The summed E-state index contributed by atoms with van der Waals surface area (Å²) in [6, 6.07) is 5.23. The second-order valence-corrected chi connectivity index (χ2v) is 9.51. The van der Waals surface area contributed by atoms with E-state index in [1.54, 1.807) is 26.3 Å². The number of hydrogen-bond acceptors (Lipinski definition) is 6. The second kappa shape index (κ2) is 8.78. The number of nitrogens with zero attached hydrogens (tertiary/aromatic N) is 1. The fourth-order valence-electron chi connectivity index (χ4n) is 4.69. The van der Waals surface area contributed by atoms with E-state index in [0.29, 0.717) is 24.3 Å². The molecule has 0 amide bonds. The lowest BCUT2D eigenvalue weighted by Crippen LogP contribution is -2.46. The van der Waals surface area contributed by atoms with Gasteiger partial charge in [0.25, 0.3) is 0 Å². The Morgan fingerprint density at radius 1 is 1.24 bits per heavy atom. The van der Waals surface area contributed by atoms with Crippen LogP contribution in [0.15, 0.2) is 29.2 Å². The van der Waals surface area contributed by atoms with Crippen molar-refractivity contribution >= 4 is 12.3 Å². The van der Waals surface area contributed by atoms with Crippen LogP contribution in [0.2, 0.25) is 0 Å². The van der Waals surface area contributed by atoms with Gasteiger partial charge in [-0.3, -0.25) is 9.59 Å². The molecule has 1 aliphatic carbocycles. The van der Waals surface area contributed by atoms with Gasteiger partial charge < -0.3 is 18.8 Å². The summed E-state index contributed by atoms with van der Waals surface area (Å²) in [4.78, 5) is 37.0. The number of aromatic nitrogens is 1. The van der Waals surface area contributed by atoms with Crippen LogP contribution in [0.25, 0.3) is 11.3 Å². The predicted octanol–water partition coefficient (Wildman–Crippen LogP) is 4.13. The van der Waals surface area contributed by atoms with Crippen molar-refractivity contribution < 1.29 is 23.8 Å².